The Kier molecular flexibility index (Phi) is 3.70. The number of hydrogen-bond acceptors (Lipinski definition) is 3. The lowest BCUT2D eigenvalue weighted by Gasteiger charge is -2.26. The van der Waals surface area contributed by atoms with Gasteiger partial charge in [0.1, 0.15) is 0 Å². The Labute approximate surface area is 101 Å². The van der Waals surface area contributed by atoms with Crippen molar-refractivity contribution in [2.24, 2.45) is 5.41 Å². The predicted octanol–water partition coefficient (Wildman–Crippen LogP) is 1.92. The maximum atomic E-state index is 13.6. The zero-order chi connectivity index (χ0) is 13.2. The molecule has 0 unspecified atom stereocenters. The Morgan fingerprint density at radius 1 is 1.53 bits per heavy atom. The van der Waals surface area contributed by atoms with Gasteiger partial charge in [-0.05, 0) is 11.5 Å². The predicted molar refractivity (Wildman–Crippen MR) is 65.0 cm³/mol. The van der Waals surface area contributed by atoms with Gasteiger partial charge < -0.3 is 10.6 Å². The molecule has 4 nitrogen and oxygen atoms in total. The van der Waals surface area contributed by atoms with Gasteiger partial charge in [0, 0.05) is 19.8 Å². The first-order chi connectivity index (χ1) is 7.72. The number of nitrogens with zero attached hydrogens (tertiary/aromatic N) is 2. The third-order valence-electron chi connectivity index (χ3n) is 2.20. The molecule has 0 saturated heterocycles. The van der Waals surface area contributed by atoms with Gasteiger partial charge in [-0.1, -0.05) is 20.8 Å². The summed E-state index contributed by atoms with van der Waals surface area (Å²) in [7, 11) is 1.64. The molecular formula is C12H18FN3O. The van der Waals surface area contributed by atoms with E-state index in [4.69, 9.17) is 5.73 Å². The molecule has 1 aromatic heterocycles. The molecule has 2 N–H and O–H groups in total. The molecule has 0 fully saturated rings. The number of carbonyl (C=O) groups excluding carboxylic acids is 1. The number of amides is 1. The van der Waals surface area contributed by atoms with Crippen LogP contribution in [0.4, 0.5) is 10.2 Å². The first-order valence-corrected chi connectivity index (χ1v) is 5.38. The van der Waals surface area contributed by atoms with Crippen molar-refractivity contribution in [3.05, 3.63) is 23.6 Å². The summed E-state index contributed by atoms with van der Waals surface area (Å²) in [6.07, 6.45) is 1.33. The molecule has 1 rings (SSSR count). The van der Waals surface area contributed by atoms with Gasteiger partial charge in [-0.2, -0.15) is 0 Å². The van der Waals surface area contributed by atoms with Crippen LogP contribution < -0.4 is 5.73 Å². The normalized spacial score (nSPS) is 11.4. The van der Waals surface area contributed by atoms with E-state index < -0.39 is 5.82 Å². The Bertz CT molecular complexity index is 426. The minimum atomic E-state index is -0.752. The lowest BCUT2D eigenvalue weighted by molar-refractivity contribution is 0.0741. The fourth-order valence-corrected chi connectivity index (χ4v) is 1.61. The zero-order valence-corrected chi connectivity index (χ0v) is 10.6. The minimum Gasteiger partial charge on any atom is -0.381 e. The van der Waals surface area contributed by atoms with Crippen molar-refractivity contribution in [3.63, 3.8) is 0 Å². The van der Waals surface area contributed by atoms with Crippen LogP contribution in [0.3, 0.4) is 0 Å². The van der Waals surface area contributed by atoms with Crippen LogP contribution in [0.1, 0.15) is 31.1 Å². The summed E-state index contributed by atoms with van der Waals surface area (Å²) in [5, 5.41) is 0. The van der Waals surface area contributed by atoms with Crippen molar-refractivity contribution >= 4 is 11.7 Å². The van der Waals surface area contributed by atoms with Crippen LogP contribution >= 0.6 is 0 Å². The minimum absolute atomic E-state index is 0.0377. The van der Waals surface area contributed by atoms with Crippen LogP contribution in [-0.2, 0) is 0 Å². The molecule has 0 aliphatic heterocycles. The van der Waals surface area contributed by atoms with Gasteiger partial charge in [-0.15, -0.1) is 0 Å². The average Bonchev–Trinajstić information content (AvgIpc) is 2.18. The molecule has 1 aromatic rings. The molecule has 0 saturated carbocycles. The van der Waals surface area contributed by atoms with Gasteiger partial charge >= 0.3 is 0 Å². The van der Waals surface area contributed by atoms with Gasteiger partial charge in [-0.25, -0.2) is 9.37 Å². The molecule has 0 aliphatic carbocycles. The van der Waals surface area contributed by atoms with Gasteiger partial charge in [0.25, 0.3) is 5.91 Å². The van der Waals surface area contributed by atoms with Gasteiger partial charge in [0.15, 0.2) is 11.6 Å². The van der Waals surface area contributed by atoms with Crippen molar-refractivity contribution in [1.82, 2.24) is 9.88 Å². The number of nitrogen functional groups attached to an aromatic ring is 1. The molecule has 0 aromatic carbocycles. The van der Waals surface area contributed by atoms with E-state index in [0.717, 1.165) is 0 Å². The fraction of sp³-hybridized carbons (Fsp3) is 0.500. The summed E-state index contributed by atoms with van der Waals surface area (Å²) in [6.45, 7) is 6.56. The van der Waals surface area contributed by atoms with Crippen LogP contribution in [0.15, 0.2) is 12.3 Å². The summed E-state index contributed by atoms with van der Waals surface area (Å²) >= 11 is 0. The molecule has 0 radical (unpaired) electrons. The highest BCUT2D eigenvalue weighted by atomic mass is 19.1. The number of carbonyl (C=O) groups is 1. The molecular weight excluding hydrogens is 221 g/mol. The van der Waals surface area contributed by atoms with Gasteiger partial charge in [0.05, 0.1) is 5.56 Å². The van der Waals surface area contributed by atoms with E-state index in [1.807, 2.05) is 20.8 Å². The molecule has 0 spiro atoms. The molecule has 1 heterocycles. The number of anilines is 1. The Hall–Kier alpha value is -1.65. The van der Waals surface area contributed by atoms with Crippen LogP contribution in [-0.4, -0.2) is 29.4 Å². The Morgan fingerprint density at radius 2 is 2.12 bits per heavy atom. The summed E-state index contributed by atoms with van der Waals surface area (Å²) < 4.78 is 13.6. The second-order valence-electron chi connectivity index (χ2n) is 5.28. The summed E-state index contributed by atoms with van der Waals surface area (Å²) in [4.78, 5) is 17.1. The number of pyridine rings is 1. The quantitative estimate of drug-likeness (QED) is 0.857. The molecule has 5 heteroatoms. The van der Waals surface area contributed by atoms with Crippen LogP contribution in [0.25, 0.3) is 0 Å². The molecule has 94 valence electrons. The Morgan fingerprint density at radius 3 is 2.65 bits per heavy atom. The maximum Gasteiger partial charge on any atom is 0.256 e. The first kappa shape index (κ1) is 13.4. The monoisotopic (exact) mass is 239 g/mol. The second-order valence-corrected chi connectivity index (χ2v) is 5.28. The number of nitrogens with two attached hydrogens (primary N) is 1. The lowest BCUT2D eigenvalue weighted by atomic mass is 9.96. The maximum absolute atomic E-state index is 13.6. The van der Waals surface area contributed by atoms with E-state index in [9.17, 15) is 9.18 Å². The third kappa shape index (κ3) is 3.41. The molecule has 1 amide bonds. The van der Waals surface area contributed by atoms with E-state index in [-0.39, 0.29) is 22.7 Å². The van der Waals surface area contributed by atoms with Crippen LogP contribution in [0, 0.1) is 11.2 Å². The van der Waals surface area contributed by atoms with Gasteiger partial charge in [0.2, 0.25) is 0 Å². The first-order valence-electron chi connectivity index (χ1n) is 5.38. The molecule has 17 heavy (non-hydrogen) atoms. The van der Waals surface area contributed by atoms with Crippen molar-refractivity contribution in [3.8, 4) is 0 Å². The smallest absolute Gasteiger partial charge is 0.256 e. The largest absolute Gasteiger partial charge is 0.381 e. The molecule has 0 atom stereocenters. The van der Waals surface area contributed by atoms with E-state index >= 15 is 0 Å². The Balaban J connectivity index is 2.93. The third-order valence-corrected chi connectivity index (χ3v) is 2.20. The van der Waals surface area contributed by atoms with E-state index in [1.54, 1.807) is 7.05 Å². The number of hydrogen-bond donors (Lipinski definition) is 1. The number of aromatic nitrogens is 1. The van der Waals surface area contributed by atoms with Crippen molar-refractivity contribution in [2.75, 3.05) is 19.3 Å². The van der Waals surface area contributed by atoms with Crippen molar-refractivity contribution < 1.29 is 9.18 Å². The summed E-state index contributed by atoms with van der Waals surface area (Å²) in [6, 6.07) is 1.34. The van der Waals surface area contributed by atoms with E-state index in [2.05, 4.69) is 4.98 Å². The van der Waals surface area contributed by atoms with Crippen molar-refractivity contribution in [2.45, 2.75) is 20.8 Å². The van der Waals surface area contributed by atoms with Crippen molar-refractivity contribution in [1.29, 1.82) is 0 Å². The highest BCUT2D eigenvalue weighted by Gasteiger charge is 2.22. The molecule has 0 aliphatic rings. The number of halogens is 1. The summed E-state index contributed by atoms with van der Waals surface area (Å²) in [5.74, 6) is -1.38. The highest BCUT2D eigenvalue weighted by Crippen LogP contribution is 2.18. The van der Waals surface area contributed by atoms with E-state index in [0.29, 0.717) is 6.54 Å². The van der Waals surface area contributed by atoms with Gasteiger partial charge in [-0.3, -0.25) is 4.79 Å². The molecule has 0 bridgehead atoms. The average molecular weight is 239 g/mol. The highest BCUT2D eigenvalue weighted by molar-refractivity contribution is 5.94. The summed E-state index contributed by atoms with van der Waals surface area (Å²) in [5.41, 5.74) is 5.25. The SMILES string of the molecule is CN(CC(C)(C)C)C(=O)c1ccnc(N)c1F. The topological polar surface area (TPSA) is 59.2 Å². The van der Waals surface area contributed by atoms with Crippen LogP contribution in [0.5, 0.6) is 0 Å². The fourth-order valence-electron chi connectivity index (χ4n) is 1.61. The van der Waals surface area contributed by atoms with E-state index in [1.165, 1.54) is 17.2 Å². The second kappa shape index (κ2) is 4.69. The zero-order valence-electron chi connectivity index (χ0n) is 10.6. The van der Waals surface area contributed by atoms with Crippen LogP contribution in [0.2, 0.25) is 0 Å². The lowest BCUT2D eigenvalue weighted by Crippen LogP contribution is -2.35. The number of rotatable bonds is 2. The standard InChI is InChI=1S/C12H18FN3O/c1-12(2,3)7-16(4)11(17)8-5-6-15-10(14)9(8)13/h5-6H,7H2,1-4H3,(H2,14,15).